The summed E-state index contributed by atoms with van der Waals surface area (Å²) in [5.41, 5.74) is 0.491. The highest BCUT2D eigenvalue weighted by Crippen LogP contribution is 2.31. The molecule has 0 aliphatic rings. The smallest absolute Gasteiger partial charge is 0.248 e. The molecule has 0 aliphatic carbocycles. The molecule has 2 heterocycles. The van der Waals surface area contributed by atoms with E-state index in [4.69, 9.17) is 16.3 Å². The summed E-state index contributed by atoms with van der Waals surface area (Å²) in [5.74, 6) is -1.000. The number of aromatic nitrogens is 2. The first-order valence-electron chi connectivity index (χ1n) is 8.99. The van der Waals surface area contributed by atoms with Gasteiger partial charge >= 0.3 is 0 Å². The molecule has 0 atom stereocenters. The molecule has 0 fully saturated rings. The van der Waals surface area contributed by atoms with Crippen LogP contribution in [0.2, 0.25) is 5.02 Å². The van der Waals surface area contributed by atoms with Gasteiger partial charge in [0, 0.05) is 34.4 Å². The van der Waals surface area contributed by atoms with E-state index in [9.17, 15) is 13.6 Å². The van der Waals surface area contributed by atoms with Crippen molar-refractivity contribution in [2.24, 2.45) is 0 Å². The lowest BCUT2D eigenvalue weighted by atomic mass is 10.1. The average molecular weight is 428 g/mol. The molecule has 2 aromatic carbocycles. The standard InChI is InChI=1S/C22H16ClF2N3O2/c1-30-16-7-8-26-19(11-16)28(15-4-2-3-14(23)10-15)12-13-9-20(29)27-22-17(13)5-6-18(24)21(22)25/h2-11H,12H2,1H3,(H,27,29). The second kappa shape index (κ2) is 8.12. The van der Waals surface area contributed by atoms with Crippen molar-refractivity contribution in [2.75, 3.05) is 12.0 Å². The van der Waals surface area contributed by atoms with Gasteiger partial charge in [-0.25, -0.2) is 13.8 Å². The molecule has 0 bridgehead atoms. The summed E-state index contributed by atoms with van der Waals surface area (Å²) in [6, 6.07) is 14.4. The number of nitrogens with one attached hydrogen (secondary N) is 1. The Morgan fingerprint density at radius 2 is 1.97 bits per heavy atom. The minimum absolute atomic E-state index is 0.159. The normalized spacial score (nSPS) is 10.9. The zero-order valence-corrected chi connectivity index (χ0v) is 16.6. The molecule has 0 spiro atoms. The molecule has 0 radical (unpaired) electrons. The number of nitrogens with zero attached hydrogens (tertiary/aromatic N) is 2. The molecule has 0 unspecified atom stereocenters. The van der Waals surface area contributed by atoms with E-state index in [1.165, 1.54) is 12.1 Å². The van der Waals surface area contributed by atoms with E-state index in [-0.39, 0.29) is 12.1 Å². The Morgan fingerprint density at radius 3 is 2.73 bits per heavy atom. The number of aromatic amines is 1. The van der Waals surface area contributed by atoms with Gasteiger partial charge in [0.15, 0.2) is 11.6 Å². The van der Waals surface area contributed by atoms with Gasteiger partial charge in [-0.15, -0.1) is 0 Å². The number of fused-ring (bicyclic) bond motifs is 1. The largest absolute Gasteiger partial charge is 0.497 e. The number of hydrogen-bond donors (Lipinski definition) is 1. The van der Waals surface area contributed by atoms with Crippen LogP contribution in [0.25, 0.3) is 10.9 Å². The number of anilines is 2. The van der Waals surface area contributed by atoms with Crippen molar-refractivity contribution < 1.29 is 13.5 Å². The Kier molecular flexibility index (Phi) is 5.37. The van der Waals surface area contributed by atoms with Crippen LogP contribution in [0.4, 0.5) is 20.3 Å². The number of rotatable bonds is 5. The van der Waals surface area contributed by atoms with E-state index in [1.807, 2.05) is 11.0 Å². The van der Waals surface area contributed by atoms with E-state index < -0.39 is 17.2 Å². The lowest BCUT2D eigenvalue weighted by Gasteiger charge is -2.25. The zero-order chi connectivity index (χ0) is 21.3. The van der Waals surface area contributed by atoms with Crippen molar-refractivity contribution in [3.63, 3.8) is 0 Å². The number of pyridine rings is 2. The quantitative estimate of drug-likeness (QED) is 0.475. The van der Waals surface area contributed by atoms with Gasteiger partial charge in [0.2, 0.25) is 5.56 Å². The van der Waals surface area contributed by atoms with Crippen molar-refractivity contribution in [1.29, 1.82) is 0 Å². The topological polar surface area (TPSA) is 58.2 Å². The predicted molar refractivity (Wildman–Crippen MR) is 113 cm³/mol. The van der Waals surface area contributed by atoms with Crippen molar-refractivity contribution in [3.8, 4) is 5.75 Å². The van der Waals surface area contributed by atoms with Gasteiger partial charge in [0.1, 0.15) is 11.6 Å². The maximum atomic E-state index is 14.3. The summed E-state index contributed by atoms with van der Waals surface area (Å²) in [5, 5.41) is 0.910. The van der Waals surface area contributed by atoms with Crippen LogP contribution in [0.1, 0.15) is 5.56 Å². The van der Waals surface area contributed by atoms with Gasteiger partial charge in [-0.1, -0.05) is 17.7 Å². The Balaban J connectivity index is 1.89. The molecule has 152 valence electrons. The Morgan fingerprint density at radius 1 is 1.13 bits per heavy atom. The Bertz CT molecular complexity index is 1290. The van der Waals surface area contributed by atoms with E-state index >= 15 is 0 Å². The average Bonchev–Trinajstić information content (AvgIpc) is 2.74. The highest BCUT2D eigenvalue weighted by atomic mass is 35.5. The lowest BCUT2D eigenvalue weighted by Crippen LogP contribution is -2.20. The van der Waals surface area contributed by atoms with Crippen LogP contribution in [0.3, 0.4) is 0 Å². The fraction of sp³-hybridized carbons (Fsp3) is 0.0909. The van der Waals surface area contributed by atoms with Crippen molar-refractivity contribution in [1.82, 2.24) is 9.97 Å². The Labute approximate surface area is 175 Å². The first-order valence-corrected chi connectivity index (χ1v) is 9.37. The van der Waals surface area contributed by atoms with Crippen molar-refractivity contribution in [2.45, 2.75) is 6.54 Å². The molecule has 1 N–H and O–H groups in total. The summed E-state index contributed by atoms with van der Waals surface area (Å²) in [7, 11) is 1.55. The van der Waals surface area contributed by atoms with E-state index in [2.05, 4.69) is 9.97 Å². The lowest BCUT2D eigenvalue weighted by molar-refractivity contribution is 0.414. The van der Waals surface area contributed by atoms with Crippen LogP contribution in [0, 0.1) is 11.6 Å². The molecule has 4 rings (SSSR count). The van der Waals surface area contributed by atoms with Crippen LogP contribution in [-0.2, 0) is 6.54 Å². The van der Waals surface area contributed by atoms with Crippen LogP contribution < -0.4 is 15.2 Å². The Hall–Kier alpha value is -3.45. The molecule has 2 aromatic heterocycles. The van der Waals surface area contributed by atoms with Gasteiger partial charge in [-0.05, 0) is 42.0 Å². The highest BCUT2D eigenvalue weighted by Gasteiger charge is 2.17. The minimum Gasteiger partial charge on any atom is -0.497 e. The van der Waals surface area contributed by atoms with E-state index in [1.54, 1.807) is 43.6 Å². The fourth-order valence-corrected chi connectivity index (χ4v) is 3.44. The first kappa shape index (κ1) is 19.8. The van der Waals surface area contributed by atoms with Gasteiger partial charge in [0.25, 0.3) is 0 Å². The summed E-state index contributed by atoms with van der Waals surface area (Å²) in [4.78, 5) is 20.7. The number of halogens is 3. The summed E-state index contributed by atoms with van der Waals surface area (Å²) in [6.45, 7) is 0.159. The maximum absolute atomic E-state index is 14.3. The van der Waals surface area contributed by atoms with Crippen LogP contribution in [-0.4, -0.2) is 17.1 Å². The number of H-pyrrole nitrogens is 1. The third kappa shape index (κ3) is 3.84. The van der Waals surface area contributed by atoms with Gasteiger partial charge in [-0.3, -0.25) is 4.79 Å². The van der Waals surface area contributed by atoms with Gasteiger partial charge in [-0.2, -0.15) is 0 Å². The number of methoxy groups -OCH3 is 1. The fourth-order valence-electron chi connectivity index (χ4n) is 3.26. The molecule has 8 heteroatoms. The second-order valence-electron chi connectivity index (χ2n) is 6.56. The minimum atomic E-state index is -1.10. The molecule has 0 aliphatic heterocycles. The molecule has 0 saturated carbocycles. The third-order valence-corrected chi connectivity index (χ3v) is 4.91. The van der Waals surface area contributed by atoms with Crippen LogP contribution >= 0.6 is 11.6 Å². The number of benzene rings is 2. The van der Waals surface area contributed by atoms with Gasteiger partial charge in [0.05, 0.1) is 19.2 Å². The predicted octanol–water partition coefficient (Wildman–Crippen LogP) is 5.20. The van der Waals surface area contributed by atoms with E-state index in [0.717, 1.165) is 6.07 Å². The third-order valence-electron chi connectivity index (χ3n) is 4.67. The molecule has 0 saturated heterocycles. The van der Waals surface area contributed by atoms with E-state index in [0.29, 0.717) is 33.2 Å². The molecular formula is C22H16ClF2N3O2. The summed E-state index contributed by atoms with van der Waals surface area (Å²) in [6.07, 6.45) is 1.59. The SMILES string of the molecule is COc1ccnc(N(Cc2cc(=O)[nH]c3c(F)c(F)ccc23)c2cccc(Cl)c2)c1. The molecular weight excluding hydrogens is 412 g/mol. The monoisotopic (exact) mass is 427 g/mol. The number of hydrogen-bond acceptors (Lipinski definition) is 4. The second-order valence-corrected chi connectivity index (χ2v) is 7.00. The maximum Gasteiger partial charge on any atom is 0.248 e. The van der Waals surface area contributed by atoms with Crippen molar-refractivity contribution >= 4 is 34.0 Å². The van der Waals surface area contributed by atoms with Crippen molar-refractivity contribution in [3.05, 3.63) is 93.4 Å². The zero-order valence-electron chi connectivity index (χ0n) is 15.8. The molecule has 30 heavy (non-hydrogen) atoms. The first-order chi connectivity index (χ1) is 14.5. The summed E-state index contributed by atoms with van der Waals surface area (Å²) < 4.78 is 33.3. The molecule has 5 nitrogen and oxygen atoms in total. The summed E-state index contributed by atoms with van der Waals surface area (Å²) >= 11 is 6.18. The van der Waals surface area contributed by atoms with Gasteiger partial charge < -0.3 is 14.6 Å². The molecule has 0 amide bonds. The number of ether oxygens (including phenoxy) is 1. The van der Waals surface area contributed by atoms with Crippen LogP contribution in [0.5, 0.6) is 5.75 Å². The highest BCUT2D eigenvalue weighted by molar-refractivity contribution is 6.30. The van der Waals surface area contributed by atoms with Crippen LogP contribution in [0.15, 0.2) is 65.6 Å². The molecule has 4 aromatic rings.